The summed E-state index contributed by atoms with van der Waals surface area (Å²) in [6.45, 7) is 6.19. The molecule has 3 atom stereocenters. The van der Waals surface area contributed by atoms with Gasteiger partial charge in [0.2, 0.25) is 0 Å². The predicted octanol–water partition coefficient (Wildman–Crippen LogP) is 8.61. The Hall–Kier alpha value is -3.74. The van der Waals surface area contributed by atoms with Crippen LogP contribution in [-0.2, 0) is 24.6 Å². The summed E-state index contributed by atoms with van der Waals surface area (Å²) in [6, 6.07) is 26.8. The topological polar surface area (TPSA) is 128 Å². The first-order valence-electron chi connectivity index (χ1n) is 21.5. The van der Waals surface area contributed by atoms with Crippen LogP contribution in [0.25, 0.3) is 5.57 Å². The van der Waals surface area contributed by atoms with Gasteiger partial charge in [-0.15, -0.1) is 11.8 Å². The maximum Gasteiger partial charge on any atom is 0.427 e. The van der Waals surface area contributed by atoms with Gasteiger partial charge >= 0.3 is 4.71 Å². The molecule has 3 saturated heterocycles. The van der Waals surface area contributed by atoms with Gasteiger partial charge in [0.15, 0.2) is 0 Å². The first-order chi connectivity index (χ1) is 30.6. The number of morpholine rings is 1. The van der Waals surface area contributed by atoms with Crippen LogP contribution in [0, 0.1) is 0 Å². The molecule has 4 aromatic carbocycles. The smallest absolute Gasteiger partial charge is 0.380 e. The van der Waals surface area contributed by atoms with Crippen LogP contribution in [-0.4, -0.2) is 114 Å². The van der Waals surface area contributed by atoms with Crippen molar-refractivity contribution < 1.29 is 35.1 Å². The molecule has 2 bridgehead atoms. The third-order valence-electron chi connectivity index (χ3n) is 12.5. The fraction of sp³-hybridized carbons (Fsp3) is 0.413. The number of sulfonamides is 1. The van der Waals surface area contributed by atoms with E-state index in [1.807, 2.05) is 47.2 Å². The van der Waals surface area contributed by atoms with Crippen molar-refractivity contribution in [3.63, 3.8) is 0 Å². The quantitative estimate of drug-likeness (QED) is 0.0780. The number of hydrogen-bond donors (Lipinski definition) is 2. The number of likely N-dealkylation sites (tertiary alicyclic amines) is 1. The number of sulfone groups is 1. The molecule has 18 heteroatoms. The van der Waals surface area contributed by atoms with E-state index in [0.29, 0.717) is 31.4 Å². The number of ether oxygens (including phenoxy) is 1. The predicted molar refractivity (Wildman–Crippen MR) is 250 cm³/mol. The van der Waals surface area contributed by atoms with Crippen molar-refractivity contribution in [2.75, 3.05) is 68.4 Å². The van der Waals surface area contributed by atoms with Crippen molar-refractivity contribution in [1.29, 1.82) is 0 Å². The van der Waals surface area contributed by atoms with E-state index in [-0.39, 0.29) is 23.4 Å². The maximum absolute atomic E-state index is 14.6. The number of fused-ring (bicyclic) bond motifs is 2. The molecule has 3 fully saturated rings. The van der Waals surface area contributed by atoms with E-state index in [9.17, 15) is 30.4 Å². The van der Waals surface area contributed by atoms with Crippen molar-refractivity contribution in [2.45, 2.75) is 76.1 Å². The van der Waals surface area contributed by atoms with Crippen LogP contribution in [0.1, 0.15) is 54.4 Å². The number of benzene rings is 4. The summed E-state index contributed by atoms with van der Waals surface area (Å²) in [6.07, 6.45) is 6.13. The minimum absolute atomic E-state index is 0.0416. The van der Waals surface area contributed by atoms with E-state index in [1.54, 1.807) is 12.1 Å². The second-order valence-electron chi connectivity index (χ2n) is 16.7. The van der Waals surface area contributed by atoms with E-state index in [2.05, 4.69) is 32.1 Å². The number of halogens is 4. The van der Waals surface area contributed by atoms with Crippen LogP contribution in [0.2, 0.25) is 5.02 Å². The fourth-order valence-electron chi connectivity index (χ4n) is 8.98. The molecule has 4 aliphatic rings. The highest BCUT2D eigenvalue weighted by Crippen LogP contribution is 2.39. The van der Waals surface area contributed by atoms with Gasteiger partial charge in [-0.05, 0) is 128 Å². The second-order valence-corrected chi connectivity index (χ2v) is 22.6. The molecule has 4 aromatic rings. The zero-order valence-corrected chi connectivity index (χ0v) is 39.1. The summed E-state index contributed by atoms with van der Waals surface area (Å²) in [4.78, 5) is 19.6. The fourth-order valence-corrected chi connectivity index (χ4v) is 12.4. The minimum atomic E-state index is -5.62. The van der Waals surface area contributed by atoms with Gasteiger partial charge in [0.1, 0.15) is 0 Å². The largest absolute Gasteiger partial charge is 0.427 e. The Morgan fingerprint density at radius 3 is 2.30 bits per heavy atom. The highest BCUT2D eigenvalue weighted by Gasteiger charge is 2.46. The van der Waals surface area contributed by atoms with Gasteiger partial charge in [0.25, 0.3) is 25.8 Å². The number of nitrogens with one attached hydrogen (secondary N) is 2. The minimum Gasteiger partial charge on any atom is -0.380 e. The van der Waals surface area contributed by atoms with Crippen LogP contribution >= 0.6 is 35.0 Å². The maximum atomic E-state index is 14.6. The number of alkyl halides is 3. The molecular weight excluding hydrogens is 924 g/mol. The molecule has 0 radical (unpaired) electrons. The van der Waals surface area contributed by atoms with E-state index < -0.39 is 46.3 Å². The highest BCUT2D eigenvalue weighted by molar-refractivity contribution is 7.99. The Kier molecular flexibility index (Phi) is 14.6. The van der Waals surface area contributed by atoms with Gasteiger partial charge in [0.05, 0.1) is 28.2 Å². The Morgan fingerprint density at radius 2 is 1.62 bits per heavy atom. The lowest BCUT2D eigenvalue weighted by Gasteiger charge is -2.37. The van der Waals surface area contributed by atoms with Crippen molar-refractivity contribution in [3.05, 3.63) is 119 Å². The van der Waals surface area contributed by atoms with Crippen LogP contribution in [0.5, 0.6) is 0 Å². The molecule has 2 N–H and O–H groups in total. The Labute approximate surface area is 388 Å². The van der Waals surface area contributed by atoms with Gasteiger partial charge in [-0.1, -0.05) is 47.5 Å². The number of amides is 1. The van der Waals surface area contributed by atoms with Gasteiger partial charge in [-0.25, -0.2) is 21.6 Å². The van der Waals surface area contributed by atoms with Crippen molar-refractivity contribution in [1.82, 2.24) is 14.5 Å². The van der Waals surface area contributed by atoms with E-state index >= 15 is 0 Å². The number of hydrogen-bond acceptors (Lipinski definition) is 11. The summed E-state index contributed by atoms with van der Waals surface area (Å²) < 4.78 is 86.1. The number of allylic oxidation sites excluding steroid dienone is 1. The van der Waals surface area contributed by atoms with Crippen molar-refractivity contribution in [3.8, 4) is 0 Å². The third kappa shape index (κ3) is 11.1. The molecule has 3 heterocycles. The molecule has 0 saturated carbocycles. The molecule has 8 rings (SSSR count). The van der Waals surface area contributed by atoms with Crippen molar-refractivity contribution in [2.24, 2.45) is 0 Å². The average molecular weight is 975 g/mol. The van der Waals surface area contributed by atoms with Gasteiger partial charge in [-0.2, -0.15) is 8.78 Å². The zero-order valence-electron chi connectivity index (χ0n) is 35.1. The van der Waals surface area contributed by atoms with Gasteiger partial charge < -0.3 is 15.0 Å². The summed E-state index contributed by atoms with van der Waals surface area (Å²) in [5, 5.41) is 3.85. The summed E-state index contributed by atoms with van der Waals surface area (Å²) in [7, 11) is -10.4. The lowest BCUT2D eigenvalue weighted by atomic mass is 9.87. The van der Waals surface area contributed by atoms with Crippen LogP contribution in [0.4, 0.5) is 20.2 Å². The molecule has 3 aliphatic heterocycles. The molecule has 1 amide bonds. The molecule has 0 spiro atoms. The Morgan fingerprint density at radius 1 is 0.906 bits per heavy atom. The number of carbonyl (C=O) groups is 1. The molecule has 0 aromatic heterocycles. The SMILES string of the molecule is O=C(NS(=O)(=O)c1ccc(NC(CCN2C[C@H]3C[C@H]2CO3)CSc2ccccc2)c(S(=O)(=O)C(F)(F)Cl)c1)c1ccc(N2CCN(CC3=C(c4ccc(Cl)cc4)CCCC3)CC2)cc1. The lowest BCUT2D eigenvalue weighted by Crippen LogP contribution is -2.47. The molecule has 11 nitrogen and oxygen atoms in total. The molecule has 64 heavy (non-hydrogen) atoms. The molecule has 1 unspecified atom stereocenters. The molecule has 1 aliphatic carbocycles. The van der Waals surface area contributed by atoms with Crippen molar-refractivity contribution >= 4 is 77.7 Å². The van der Waals surface area contributed by atoms with Gasteiger partial charge in [-0.3, -0.25) is 14.6 Å². The molecule has 342 valence electrons. The first kappa shape index (κ1) is 46.8. The summed E-state index contributed by atoms with van der Waals surface area (Å²) in [5.41, 5.74) is 4.81. The standard InChI is InChI=1S/C46H51Cl2F2N5O6S3/c47-35-14-10-32(11-15-35)42-9-5-4-6-34(42)28-53-22-24-54(25-23-53)37-16-12-33(13-17-37)45(56)52-64(59,60)41-18-19-43(44(27-41)63(57,58)46(48,49)50)51-36(31-62-40-7-2-1-3-8-40)20-21-55-29-39-26-38(55)30-61-39/h1-3,7-8,10-19,27,36,38-39,51H,4-6,9,20-26,28-31H2,(H,52,56)/t36?,38-,39+/m0/s1. The lowest BCUT2D eigenvalue weighted by molar-refractivity contribution is 0.0299. The third-order valence-corrected chi connectivity index (χ3v) is 17.4. The summed E-state index contributed by atoms with van der Waals surface area (Å²) in [5.74, 6) is -0.531. The van der Waals surface area contributed by atoms with Gasteiger partial charge in [0, 0.05) is 84.8 Å². The first-order valence-corrected chi connectivity index (χ1v) is 26.2. The summed E-state index contributed by atoms with van der Waals surface area (Å²) >= 11 is 12.8. The zero-order chi connectivity index (χ0) is 45.1. The average Bonchev–Trinajstić information content (AvgIpc) is 3.92. The normalized spacial score (nSPS) is 20.4. The Balaban J connectivity index is 0.930. The highest BCUT2D eigenvalue weighted by atomic mass is 35.5. The molecular formula is C46H51Cl2F2N5O6S3. The van der Waals surface area contributed by atoms with E-state index in [4.69, 9.17) is 27.9 Å². The van der Waals surface area contributed by atoms with Crippen LogP contribution < -0.4 is 14.9 Å². The number of anilines is 2. The number of thioether (sulfide) groups is 1. The van der Waals surface area contributed by atoms with E-state index in [1.165, 1.54) is 53.4 Å². The van der Waals surface area contributed by atoms with E-state index in [0.717, 1.165) is 86.3 Å². The second kappa shape index (κ2) is 20.0. The Bertz CT molecular complexity index is 2540. The number of nitrogens with zero attached hydrogens (tertiary/aromatic N) is 3. The number of rotatable bonds is 17. The van der Waals surface area contributed by atoms with Crippen LogP contribution in [0.15, 0.2) is 117 Å². The number of carbonyl (C=O) groups excluding carboxylic acids is 1. The van der Waals surface area contributed by atoms with Crippen LogP contribution in [0.3, 0.4) is 0 Å². The monoisotopic (exact) mass is 973 g/mol. The number of piperazine rings is 1.